The zero-order valence-corrected chi connectivity index (χ0v) is 22.7. The molecule has 11 heteroatoms. The molecule has 0 radical (unpaired) electrons. The third-order valence-corrected chi connectivity index (χ3v) is 6.52. The van der Waals surface area contributed by atoms with E-state index in [4.69, 9.17) is 0 Å². The predicted octanol–water partition coefficient (Wildman–Crippen LogP) is 3.19. The normalized spacial score (nSPS) is 15.3. The van der Waals surface area contributed by atoms with Crippen molar-refractivity contribution in [2.45, 2.75) is 25.9 Å². The van der Waals surface area contributed by atoms with E-state index in [0.717, 1.165) is 0 Å². The largest absolute Gasteiger partial charge is 0.478 e. The van der Waals surface area contributed by atoms with Crippen LogP contribution in [-0.4, -0.2) is 71.4 Å². The van der Waals surface area contributed by atoms with E-state index in [-0.39, 0.29) is 42.8 Å². The number of para-hydroxylation sites is 2. The number of nitrogens with one attached hydrogen (secondary N) is 2. The van der Waals surface area contributed by atoms with Crippen molar-refractivity contribution in [3.05, 3.63) is 90.5 Å². The molecule has 5 amide bonds. The number of hydrogen-bond acceptors (Lipinski definition) is 5. The number of nitrogens with zero attached hydrogens (tertiary/aromatic N) is 3. The second-order valence-corrected chi connectivity index (χ2v) is 9.70. The van der Waals surface area contributed by atoms with E-state index in [1.807, 2.05) is 32.0 Å². The van der Waals surface area contributed by atoms with Crippen LogP contribution in [-0.2, 0) is 14.4 Å². The molecule has 0 aromatic heterocycles. The molecule has 3 N–H and O–H groups in total. The van der Waals surface area contributed by atoms with Crippen molar-refractivity contribution in [1.29, 1.82) is 0 Å². The Labute approximate surface area is 237 Å². The fourth-order valence-corrected chi connectivity index (χ4v) is 4.62. The summed E-state index contributed by atoms with van der Waals surface area (Å²) in [6.45, 7) is 3.59. The number of carboxylic acids is 1. The Bertz CT molecular complexity index is 1430. The summed E-state index contributed by atoms with van der Waals surface area (Å²) in [6.07, 6.45) is 0. The summed E-state index contributed by atoms with van der Waals surface area (Å²) in [4.78, 5) is 69.3. The van der Waals surface area contributed by atoms with Crippen molar-refractivity contribution < 1.29 is 29.1 Å². The van der Waals surface area contributed by atoms with Crippen LogP contribution in [0.1, 0.15) is 24.2 Å². The van der Waals surface area contributed by atoms with Gasteiger partial charge in [-0.25, -0.2) is 9.59 Å². The number of carbonyl (C=O) groups excluding carboxylic acids is 4. The molecule has 0 bridgehead atoms. The number of carboxylic acid groups (broad SMARTS) is 1. The van der Waals surface area contributed by atoms with Gasteiger partial charge in [0.2, 0.25) is 5.91 Å². The lowest BCUT2D eigenvalue weighted by atomic mass is 10.2. The van der Waals surface area contributed by atoms with Gasteiger partial charge in [0, 0.05) is 36.2 Å². The molecule has 41 heavy (non-hydrogen) atoms. The number of urea groups is 1. The zero-order valence-electron chi connectivity index (χ0n) is 22.7. The fraction of sp³-hybridized carbons (Fsp3) is 0.233. The summed E-state index contributed by atoms with van der Waals surface area (Å²) in [5.41, 5.74) is 1.33. The van der Waals surface area contributed by atoms with Gasteiger partial charge in [-0.05, 0) is 56.3 Å². The minimum absolute atomic E-state index is 0.0440. The topological polar surface area (TPSA) is 139 Å². The minimum atomic E-state index is -1.63. The van der Waals surface area contributed by atoms with Gasteiger partial charge in [-0.15, -0.1) is 0 Å². The van der Waals surface area contributed by atoms with Crippen molar-refractivity contribution >= 4 is 46.8 Å². The summed E-state index contributed by atoms with van der Waals surface area (Å²) in [5, 5.41) is 14.1. The SMILES string of the molecule is CC(C)N(C(=O)CN1CCN(c2ccccc2)C(=O)C(NC(=O)Nc2cccc(C(=O)O)c2)C1=O)c1ccccc1. The Balaban J connectivity index is 1.59. The van der Waals surface area contributed by atoms with Gasteiger partial charge in [0.05, 0.1) is 5.56 Å². The van der Waals surface area contributed by atoms with Crippen molar-refractivity contribution in [1.82, 2.24) is 10.2 Å². The highest BCUT2D eigenvalue weighted by Crippen LogP contribution is 2.21. The van der Waals surface area contributed by atoms with Crippen LogP contribution in [0.5, 0.6) is 0 Å². The standard InChI is InChI=1S/C30H31N5O6/c1-20(2)35(24-14-7-4-8-15-24)25(36)19-33-16-17-34(23-12-5-3-6-13-23)28(38)26(27(33)37)32-30(41)31-22-11-9-10-21(18-22)29(39)40/h3-15,18,20,26H,16-17,19H2,1-2H3,(H,39,40)(H2,31,32,41). The van der Waals surface area contributed by atoms with Gasteiger partial charge in [-0.3, -0.25) is 14.4 Å². The maximum absolute atomic E-state index is 13.7. The lowest BCUT2D eigenvalue weighted by Crippen LogP contribution is -2.56. The van der Waals surface area contributed by atoms with Crippen molar-refractivity contribution in [3.63, 3.8) is 0 Å². The highest BCUT2D eigenvalue weighted by Gasteiger charge is 2.40. The number of anilines is 3. The molecular formula is C30H31N5O6. The van der Waals surface area contributed by atoms with Crippen LogP contribution < -0.4 is 20.4 Å². The summed E-state index contributed by atoms with van der Waals surface area (Å²) in [7, 11) is 0. The molecule has 1 atom stereocenters. The second kappa shape index (κ2) is 12.8. The minimum Gasteiger partial charge on any atom is -0.478 e. The number of benzene rings is 3. The zero-order chi connectivity index (χ0) is 29.5. The number of amides is 5. The van der Waals surface area contributed by atoms with Gasteiger partial charge in [-0.2, -0.15) is 0 Å². The van der Waals surface area contributed by atoms with Gasteiger partial charge in [0.15, 0.2) is 6.04 Å². The molecule has 0 saturated carbocycles. The van der Waals surface area contributed by atoms with Crippen molar-refractivity contribution in [2.75, 3.05) is 34.8 Å². The molecule has 3 aromatic rings. The summed E-state index contributed by atoms with van der Waals surface area (Å²) in [6, 6.07) is 20.7. The van der Waals surface area contributed by atoms with Crippen LogP contribution in [0, 0.1) is 0 Å². The lowest BCUT2D eigenvalue weighted by Gasteiger charge is -2.30. The summed E-state index contributed by atoms with van der Waals surface area (Å²) < 4.78 is 0. The quantitative estimate of drug-likeness (QED) is 0.364. The smallest absolute Gasteiger partial charge is 0.335 e. The molecule has 11 nitrogen and oxygen atoms in total. The molecule has 1 unspecified atom stereocenters. The van der Waals surface area contributed by atoms with E-state index < -0.39 is 29.9 Å². The maximum atomic E-state index is 13.7. The van der Waals surface area contributed by atoms with Crippen molar-refractivity contribution in [3.8, 4) is 0 Å². The lowest BCUT2D eigenvalue weighted by molar-refractivity contribution is -0.139. The molecule has 0 spiro atoms. The van der Waals surface area contributed by atoms with Crippen molar-refractivity contribution in [2.24, 2.45) is 0 Å². The van der Waals surface area contributed by atoms with Crippen LogP contribution in [0.15, 0.2) is 84.9 Å². The molecule has 3 aromatic carbocycles. The van der Waals surface area contributed by atoms with Crippen LogP contribution in [0.3, 0.4) is 0 Å². The first kappa shape index (κ1) is 28.8. The maximum Gasteiger partial charge on any atom is 0.335 e. The number of hydrogen-bond donors (Lipinski definition) is 3. The van der Waals surface area contributed by atoms with Crippen LogP contribution >= 0.6 is 0 Å². The molecule has 1 aliphatic heterocycles. The number of aromatic carboxylic acids is 1. The average molecular weight is 558 g/mol. The Kier molecular flexibility index (Phi) is 8.98. The van der Waals surface area contributed by atoms with Crippen LogP contribution in [0.25, 0.3) is 0 Å². The van der Waals surface area contributed by atoms with Crippen LogP contribution in [0.2, 0.25) is 0 Å². The Morgan fingerprint density at radius 1 is 0.902 bits per heavy atom. The second-order valence-electron chi connectivity index (χ2n) is 9.70. The molecule has 0 aliphatic carbocycles. The molecule has 1 heterocycles. The van der Waals surface area contributed by atoms with Gasteiger partial charge in [0.25, 0.3) is 11.8 Å². The third-order valence-electron chi connectivity index (χ3n) is 6.52. The Hall–Kier alpha value is -5.19. The Morgan fingerprint density at radius 2 is 1.56 bits per heavy atom. The van der Waals surface area contributed by atoms with Gasteiger partial charge in [-0.1, -0.05) is 42.5 Å². The van der Waals surface area contributed by atoms with Gasteiger partial charge >= 0.3 is 12.0 Å². The first-order chi connectivity index (χ1) is 19.7. The monoisotopic (exact) mass is 557 g/mol. The average Bonchev–Trinajstić information content (AvgIpc) is 3.06. The highest BCUT2D eigenvalue weighted by atomic mass is 16.4. The van der Waals surface area contributed by atoms with E-state index in [1.165, 1.54) is 34.1 Å². The predicted molar refractivity (Wildman–Crippen MR) is 154 cm³/mol. The first-order valence-electron chi connectivity index (χ1n) is 13.1. The summed E-state index contributed by atoms with van der Waals surface area (Å²) in [5.74, 6) is -2.90. The summed E-state index contributed by atoms with van der Waals surface area (Å²) >= 11 is 0. The number of carbonyl (C=O) groups is 5. The highest BCUT2D eigenvalue weighted by molar-refractivity contribution is 6.15. The van der Waals surface area contributed by atoms with E-state index in [1.54, 1.807) is 47.4 Å². The molecule has 212 valence electrons. The van der Waals surface area contributed by atoms with Gasteiger partial charge in [0.1, 0.15) is 6.54 Å². The van der Waals surface area contributed by atoms with E-state index in [0.29, 0.717) is 11.4 Å². The molecule has 4 rings (SSSR count). The van der Waals surface area contributed by atoms with Crippen LogP contribution in [0.4, 0.5) is 21.9 Å². The molecular weight excluding hydrogens is 526 g/mol. The Morgan fingerprint density at radius 3 is 2.20 bits per heavy atom. The molecule has 1 saturated heterocycles. The van der Waals surface area contributed by atoms with E-state index in [2.05, 4.69) is 10.6 Å². The first-order valence-corrected chi connectivity index (χ1v) is 13.1. The number of rotatable bonds is 8. The van der Waals surface area contributed by atoms with Gasteiger partial charge < -0.3 is 30.4 Å². The third kappa shape index (κ3) is 6.88. The van der Waals surface area contributed by atoms with E-state index in [9.17, 15) is 29.1 Å². The fourth-order valence-electron chi connectivity index (χ4n) is 4.62. The van der Waals surface area contributed by atoms with E-state index >= 15 is 0 Å². The molecule has 1 aliphatic rings. The molecule has 1 fully saturated rings.